The number of ether oxygens (including phenoxy) is 2. The van der Waals surface area contributed by atoms with Crippen molar-refractivity contribution in [3.63, 3.8) is 0 Å². The smallest absolute Gasteiger partial charge is 0.238 e. The van der Waals surface area contributed by atoms with E-state index in [9.17, 15) is 14.4 Å². The molecule has 1 N–H and O–H groups in total. The Hall–Kier alpha value is -5.24. The molecule has 7 rings (SSSR count). The molecule has 0 radical (unpaired) electrons. The number of carbonyl (C=O) groups is 3. The van der Waals surface area contributed by atoms with Crippen LogP contribution in [0.3, 0.4) is 0 Å². The Balaban J connectivity index is 1.52. The molecule has 8 nitrogen and oxygen atoms in total. The lowest BCUT2D eigenvalue weighted by molar-refractivity contribution is -0.122. The minimum Gasteiger partial charge on any atom is -0.493 e. The summed E-state index contributed by atoms with van der Waals surface area (Å²) in [4.78, 5) is 50.1. The van der Waals surface area contributed by atoms with Crippen molar-refractivity contribution < 1.29 is 23.9 Å². The molecule has 208 valence electrons. The quantitative estimate of drug-likeness (QED) is 0.330. The number of rotatable bonds is 6. The van der Waals surface area contributed by atoms with Crippen molar-refractivity contribution in [2.24, 2.45) is 5.92 Å². The molecule has 0 bridgehead atoms. The van der Waals surface area contributed by atoms with Gasteiger partial charge in [0.1, 0.15) is 17.2 Å². The molecular formula is C34H27N3O5. The van der Waals surface area contributed by atoms with Gasteiger partial charge in [-0.05, 0) is 59.2 Å². The molecule has 3 aliphatic heterocycles. The number of aromatic nitrogens is 1. The minimum atomic E-state index is -1.41. The average Bonchev–Trinajstić information content (AvgIpc) is 3.52. The number of methoxy groups -OCH3 is 2. The van der Waals surface area contributed by atoms with Gasteiger partial charge in [0.25, 0.3) is 0 Å². The van der Waals surface area contributed by atoms with Crippen molar-refractivity contribution >= 4 is 29.2 Å². The van der Waals surface area contributed by atoms with Crippen molar-refractivity contribution in [1.82, 2.24) is 9.88 Å². The van der Waals surface area contributed by atoms with Gasteiger partial charge in [0.15, 0.2) is 23.1 Å². The van der Waals surface area contributed by atoms with Crippen molar-refractivity contribution in [3.8, 4) is 11.5 Å². The van der Waals surface area contributed by atoms with Crippen LogP contribution in [0.25, 0.3) is 6.08 Å². The van der Waals surface area contributed by atoms with E-state index in [1.165, 1.54) is 14.2 Å². The molecule has 3 aromatic carbocycles. The highest BCUT2D eigenvalue weighted by Crippen LogP contribution is 2.62. The molecule has 4 heterocycles. The van der Waals surface area contributed by atoms with Gasteiger partial charge < -0.3 is 19.7 Å². The number of ketones is 2. The lowest BCUT2D eigenvalue weighted by atomic mass is 9.63. The topological polar surface area (TPSA) is 97.8 Å². The molecule has 4 aromatic rings. The van der Waals surface area contributed by atoms with Crippen molar-refractivity contribution in [1.29, 1.82) is 0 Å². The van der Waals surface area contributed by atoms with Gasteiger partial charge in [-0.2, -0.15) is 0 Å². The highest BCUT2D eigenvalue weighted by molar-refractivity contribution is 6.16. The Kier molecular flexibility index (Phi) is 5.93. The zero-order valence-corrected chi connectivity index (χ0v) is 23.0. The van der Waals surface area contributed by atoms with Gasteiger partial charge in [-0.15, -0.1) is 0 Å². The van der Waals surface area contributed by atoms with Crippen LogP contribution in [0.15, 0.2) is 97.3 Å². The molecular weight excluding hydrogens is 530 g/mol. The van der Waals surface area contributed by atoms with E-state index in [0.29, 0.717) is 28.3 Å². The van der Waals surface area contributed by atoms with Crippen LogP contribution in [0.2, 0.25) is 0 Å². The van der Waals surface area contributed by atoms with E-state index in [0.717, 1.165) is 11.1 Å². The first kappa shape index (κ1) is 25.7. The van der Waals surface area contributed by atoms with Gasteiger partial charge in [0.2, 0.25) is 5.91 Å². The third kappa shape index (κ3) is 3.48. The van der Waals surface area contributed by atoms with E-state index in [4.69, 9.17) is 9.47 Å². The number of Topliss-reactive ketones (excluding diaryl/α,β-unsaturated/α-hetero) is 2. The minimum absolute atomic E-state index is 0.196. The van der Waals surface area contributed by atoms with E-state index < -0.39 is 23.4 Å². The second-order valence-corrected chi connectivity index (χ2v) is 10.6. The summed E-state index contributed by atoms with van der Waals surface area (Å²) in [6.45, 7) is 0. The molecule has 4 atom stereocenters. The highest BCUT2D eigenvalue weighted by Gasteiger charge is 2.70. The second-order valence-electron chi connectivity index (χ2n) is 10.6. The van der Waals surface area contributed by atoms with Crippen LogP contribution in [-0.2, 0) is 10.2 Å². The number of benzene rings is 3. The standard InChI is InChI=1S/C34H27N3O5/c1-41-26-15-14-21(19-27(26)42-2)30(38)29-28(31(39)25-13-7-8-17-35-25)34(23-11-5-6-12-24(23)36-33(34)40)32-22-10-4-3-9-20(22)16-18-37(29)32/h3-19,28-29,32H,1-2H3,(H,36,40)/t28-,29+,32+,34+/m1/s1. The summed E-state index contributed by atoms with van der Waals surface area (Å²) in [7, 11) is 3.03. The second kappa shape index (κ2) is 9.69. The number of nitrogens with zero attached hydrogens (tertiary/aromatic N) is 2. The molecule has 8 heteroatoms. The van der Waals surface area contributed by atoms with E-state index >= 15 is 0 Å². The molecule has 1 aromatic heterocycles. The molecule has 0 aliphatic carbocycles. The van der Waals surface area contributed by atoms with Crippen molar-refractivity contribution in [3.05, 3.63) is 125 Å². The van der Waals surface area contributed by atoms with Crippen LogP contribution in [-0.4, -0.2) is 47.6 Å². The number of amides is 1. The van der Waals surface area contributed by atoms with E-state index in [1.807, 2.05) is 65.7 Å². The summed E-state index contributed by atoms with van der Waals surface area (Å²) in [6, 6.07) is 23.6. The average molecular weight is 558 g/mol. The maximum Gasteiger partial charge on any atom is 0.238 e. The normalized spacial score (nSPS) is 23.1. The Morgan fingerprint density at radius 2 is 1.64 bits per heavy atom. The number of fused-ring (bicyclic) bond motifs is 6. The lowest BCUT2D eigenvalue weighted by Crippen LogP contribution is -2.49. The maximum absolute atomic E-state index is 14.7. The number of nitrogens with one attached hydrogen (secondary N) is 1. The lowest BCUT2D eigenvalue weighted by Gasteiger charge is -2.38. The summed E-state index contributed by atoms with van der Waals surface area (Å²) >= 11 is 0. The molecule has 1 fully saturated rings. The molecule has 1 saturated heterocycles. The molecule has 1 amide bonds. The van der Waals surface area contributed by atoms with E-state index in [1.54, 1.807) is 42.6 Å². The van der Waals surface area contributed by atoms with Crippen molar-refractivity contribution in [2.75, 3.05) is 19.5 Å². The van der Waals surface area contributed by atoms with Gasteiger partial charge in [-0.1, -0.05) is 48.5 Å². The molecule has 1 spiro atoms. The molecule has 3 aliphatic rings. The van der Waals surface area contributed by atoms with Gasteiger partial charge in [0.05, 0.1) is 26.2 Å². The van der Waals surface area contributed by atoms with Crippen LogP contribution in [0.1, 0.15) is 43.6 Å². The number of carbonyl (C=O) groups excluding carboxylic acids is 3. The monoisotopic (exact) mass is 557 g/mol. The number of anilines is 1. The summed E-state index contributed by atoms with van der Waals surface area (Å²) < 4.78 is 10.9. The van der Waals surface area contributed by atoms with Gasteiger partial charge in [0, 0.05) is 23.6 Å². The Labute approximate surface area is 242 Å². The van der Waals surface area contributed by atoms with E-state index in [2.05, 4.69) is 10.3 Å². The zero-order chi connectivity index (χ0) is 29.0. The fourth-order valence-electron chi connectivity index (χ4n) is 7.00. The molecule has 0 unspecified atom stereocenters. The molecule has 0 saturated carbocycles. The van der Waals surface area contributed by atoms with Crippen LogP contribution in [0.4, 0.5) is 5.69 Å². The summed E-state index contributed by atoms with van der Waals surface area (Å²) in [5.74, 6) is -1.23. The number of hydrogen-bond acceptors (Lipinski definition) is 7. The Morgan fingerprint density at radius 1 is 0.881 bits per heavy atom. The van der Waals surface area contributed by atoms with Gasteiger partial charge in [-0.25, -0.2) is 0 Å². The zero-order valence-electron chi connectivity index (χ0n) is 23.0. The summed E-state index contributed by atoms with van der Waals surface area (Å²) in [5, 5.41) is 3.05. The van der Waals surface area contributed by atoms with E-state index in [-0.39, 0.29) is 23.2 Å². The van der Waals surface area contributed by atoms with Crippen LogP contribution >= 0.6 is 0 Å². The first-order chi connectivity index (χ1) is 20.5. The number of para-hydroxylation sites is 1. The summed E-state index contributed by atoms with van der Waals surface area (Å²) in [5.41, 5.74) is 2.24. The first-order valence-electron chi connectivity index (χ1n) is 13.7. The van der Waals surface area contributed by atoms with Crippen LogP contribution < -0.4 is 14.8 Å². The summed E-state index contributed by atoms with van der Waals surface area (Å²) in [6.07, 6.45) is 5.32. The predicted octanol–water partition coefficient (Wildman–Crippen LogP) is 5.08. The Bertz CT molecular complexity index is 1790. The fourth-order valence-corrected chi connectivity index (χ4v) is 7.00. The maximum atomic E-state index is 14.7. The fraction of sp³-hybridized carbons (Fsp3) is 0.176. The van der Waals surface area contributed by atoms with Gasteiger partial charge in [-0.3, -0.25) is 19.4 Å². The van der Waals surface area contributed by atoms with Crippen LogP contribution in [0.5, 0.6) is 11.5 Å². The highest BCUT2D eigenvalue weighted by atomic mass is 16.5. The van der Waals surface area contributed by atoms with Crippen molar-refractivity contribution in [2.45, 2.75) is 17.5 Å². The Morgan fingerprint density at radius 3 is 2.43 bits per heavy atom. The first-order valence-corrected chi connectivity index (χ1v) is 13.7. The molecule has 42 heavy (non-hydrogen) atoms. The number of pyridine rings is 1. The third-order valence-electron chi connectivity index (χ3n) is 8.71. The van der Waals surface area contributed by atoms with Crippen LogP contribution in [0, 0.1) is 5.92 Å². The predicted molar refractivity (Wildman–Crippen MR) is 157 cm³/mol. The van der Waals surface area contributed by atoms with Gasteiger partial charge >= 0.3 is 0 Å². The number of hydrogen-bond donors (Lipinski definition) is 1. The third-order valence-corrected chi connectivity index (χ3v) is 8.71. The largest absolute Gasteiger partial charge is 0.493 e. The SMILES string of the molecule is COc1ccc(C(=O)[C@@H]2[C@H](C(=O)c3ccccn3)[C@]3(C(=O)Nc4ccccc43)[C@@H]3c4ccccc4C=CN23)cc1OC.